The minimum Gasteiger partial charge on any atom is -0.297 e. The largest absolute Gasteiger partial charge is 0.297 e. The third-order valence-corrected chi connectivity index (χ3v) is 16.1. The molecule has 0 heterocycles. The van der Waals surface area contributed by atoms with Gasteiger partial charge in [-0.3, -0.25) is 4.79 Å². The van der Waals surface area contributed by atoms with Crippen molar-refractivity contribution in [3.8, 4) is 22.9 Å². The summed E-state index contributed by atoms with van der Waals surface area (Å²) in [5, 5.41) is 0. The fourth-order valence-electron chi connectivity index (χ4n) is 3.78. The SMILES string of the molecule is CCCC(C#C[Si](CC)(CC)CC)(C#C[Si](CC)(CC)CC)C(=O)C(C)C. The molecule has 0 saturated carbocycles. The topological polar surface area (TPSA) is 17.1 Å². The van der Waals surface area contributed by atoms with Crippen LogP contribution >= 0.6 is 0 Å². The van der Waals surface area contributed by atoms with Gasteiger partial charge in [0, 0.05) is 5.92 Å². The lowest BCUT2D eigenvalue weighted by Crippen LogP contribution is -2.36. The van der Waals surface area contributed by atoms with Gasteiger partial charge >= 0.3 is 0 Å². The predicted molar refractivity (Wildman–Crippen MR) is 127 cm³/mol. The average Bonchev–Trinajstić information content (AvgIpc) is 2.70. The number of hydrogen-bond acceptors (Lipinski definition) is 1. The van der Waals surface area contributed by atoms with Gasteiger partial charge in [-0.05, 0) is 42.7 Å². The smallest absolute Gasteiger partial charge is 0.165 e. The van der Waals surface area contributed by atoms with E-state index in [9.17, 15) is 4.79 Å². The van der Waals surface area contributed by atoms with Gasteiger partial charge in [-0.15, -0.1) is 11.1 Å². The molecule has 0 N–H and O–H groups in total. The quantitative estimate of drug-likeness (QED) is 0.280. The van der Waals surface area contributed by atoms with Crippen molar-refractivity contribution in [2.75, 3.05) is 0 Å². The van der Waals surface area contributed by atoms with Gasteiger partial charge < -0.3 is 0 Å². The molecule has 154 valence electrons. The molecule has 0 unspecified atom stereocenters. The van der Waals surface area contributed by atoms with Gasteiger partial charge in [-0.1, -0.05) is 80.6 Å². The average molecular weight is 405 g/mol. The molecule has 3 heteroatoms. The molecule has 0 aromatic heterocycles. The van der Waals surface area contributed by atoms with Crippen molar-refractivity contribution in [3.05, 3.63) is 0 Å². The molecule has 0 bridgehead atoms. The maximum atomic E-state index is 13.3. The van der Waals surface area contributed by atoms with Crippen LogP contribution in [0.1, 0.15) is 75.2 Å². The molecule has 0 radical (unpaired) electrons. The predicted octanol–water partition coefficient (Wildman–Crippen LogP) is 7.10. The first-order valence-corrected chi connectivity index (χ1v) is 16.6. The van der Waals surface area contributed by atoms with Gasteiger partial charge in [0.05, 0.1) is 0 Å². The summed E-state index contributed by atoms with van der Waals surface area (Å²) < 4.78 is 0. The van der Waals surface area contributed by atoms with E-state index in [1.807, 2.05) is 13.8 Å². The second-order valence-corrected chi connectivity index (χ2v) is 18.2. The molecule has 0 aromatic carbocycles. The molecule has 27 heavy (non-hydrogen) atoms. The molecule has 0 saturated heterocycles. The van der Waals surface area contributed by atoms with E-state index in [0.717, 1.165) is 49.1 Å². The minimum absolute atomic E-state index is 0.0259. The Kier molecular flexibility index (Phi) is 11.6. The number of hydrogen-bond donors (Lipinski definition) is 0. The highest BCUT2D eigenvalue weighted by molar-refractivity contribution is 6.87. The fraction of sp³-hybridized carbons (Fsp3) is 0.792. The second-order valence-electron chi connectivity index (χ2n) is 8.36. The van der Waals surface area contributed by atoms with Crippen LogP contribution in [0.4, 0.5) is 0 Å². The van der Waals surface area contributed by atoms with E-state index in [1.165, 1.54) is 0 Å². The molecule has 0 rings (SSSR count). The van der Waals surface area contributed by atoms with E-state index in [2.05, 4.69) is 71.4 Å². The first-order valence-electron chi connectivity index (χ1n) is 11.3. The highest BCUT2D eigenvalue weighted by Gasteiger charge is 2.37. The van der Waals surface area contributed by atoms with Crippen LogP contribution in [0, 0.1) is 34.3 Å². The molecule has 1 nitrogen and oxygen atoms in total. The van der Waals surface area contributed by atoms with E-state index >= 15 is 0 Å². The van der Waals surface area contributed by atoms with Gasteiger partial charge in [-0.2, -0.15) is 0 Å². The zero-order valence-corrected chi connectivity index (χ0v) is 21.6. The molecular formula is C24H44OSi2. The summed E-state index contributed by atoms with van der Waals surface area (Å²) in [5.41, 5.74) is 6.68. The van der Waals surface area contributed by atoms with Crippen molar-refractivity contribution in [1.82, 2.24) is 0 Å². The fourth-order valence-corrected chi connectivity index (χ4v) is 8.80. The molecule has 0 aliphatic heterocycles. The molecule has 0 aromatic rings. The Morgan fingerprint density at radius 1 is 0.741 bits per heavy atom. The number of ketones is 1. The van der Waals surface area contributed by atoms with Gasteiger partial charge in [0.25, 0.3) is 0 Å². The highest BCUT2D eigenvalue weighted by Crippen LogP contribution is 2.30. The van der Waals surface area contributed by atoms with E-state index in [-0.39, 0.29) is 11.7 Å². The molecular weight excluding hydrogens is 360 g/mol. The summed E-state index contributed by atoms with van der Waals surface area (Å²) in [6.07, 6.45) is 1.72. The van der Waals surface area contributed by atoms with Crippen molar-refractivity contribution in [3.63, 3.8) is 0 Å². The molecule has 0 amide bonds. The number of Topliss-reactive ketones (excluding diaryl/α,β-unsaturated/α-hetero) is 1. The van der Waals surface area contributed by atoms with E-state index in [0.29, 0.717) is 0 Å². The standard InChI is InChI=1S/C24H44OSi2/c1-10-17-24(23(25)22(8)9,18-20-26(11-2,12-3)13-4)19-21-27(14-5,15-6)16-7/h22H,10-17H2,1-9H3. The third-order valence-electron chi connectivity index (χ3n) is 6.71. The van der Waals surface area contributed by atoms with Crippen LogP contribution in [0.5, 0.6) is 0 Å². The van der Waals surface area contributed by atoms with Crippen LogP contribution in [0.25, 0.3) is 0 Å². The van der Waals surface area contributed by atoms with Gasteiger partial charge in [0.15, 0.2) is 5.78 Å². The Hall–Kier alpha value is -0.776. The van der Waals surface area contributed by atoms with Gasteiger partial charge in [-0.25, -0.2) is 0 Å². The molecule has 0 aliphatic rings. The van der Waals surface area contributed by atoms with Crippen LogP contribution < -0.4 is 0 Å². The van der Waals surface area contributed by atoms with Crippen molar-refractivity contribution < 1.29 is 4.79 Å². The number of carbonyl (C=O) groups excluding carboxylic acids is 1. The maximum absolute atomic E-state index is 13.3. The summed E-state index contributed by atoms with van der Waals surface area (Å²) in [5.74, 6) is 7.34. The normalized spacial score (nSPS) is 12.2. The Bertz CT molecular complexity index is 520. The van der Waals surface area contributed by atoms with Crippen molar-refractivity contribution in [1.29, 1.82) is 0 Å². The third kappa shape index (κ3) is 6.65. The summed E-state index contributed by atoms with van der Waals surface area (Å²) in [6, 6.07) is 6.98. The lowest BCUT2D eigenvalue weighted by atomic mass is 9.77. The monoisotopic (exact) mass is 404 g/mol. The first kappa shape index (κ1) is 26.2. The maximum Gasteiger partial charge on any atom is 0.165 e. The summed E-state index contributed by atoms with van der Waals surface area (Å²) >= 11 is 0. The Labute approximate surface area is 172 Å². The summed E-state index contributed by atoms with van der Waals surface area (Å²) in [6.45, 7) is 19.8. The lowest BCUT2D eigenvalue weighted by Gasteiger charge is -2.27. The lowest BCUT2D eigenvalue weighted by molar-refractivity contribution is -0.126. The molecule has 0 spiro atoms. The number of carbonyl (C=O) groups is 1. The molecule has 0 aliphatic carbocycles. The van der Waals surface area contributed by atoms with Crippen molar-refractivity contribution in [2.45, 2.75) is 111 Å². The van der Waals surface area contributed by atoms with Crippen LogP contribution in [-0.4, -0.2) is 21.9 Å². The van der Waals surface area contributed by atoms with Crippen LogP contribution in [0.3, 0.4) is 0 Å². The summed E-state index contributed by atoms with van der Waals surface area (Å²) in [4.78, 5) is 13.3. The van der Waals surface area contributed by atoms with E-state index < -0.39 is 21.6 Å². The zero-order valence-electron chi connectivity index (χ0n) is 19.6. The van der Waals surface area contributed by atoms with Crippen molar-refractivity contribution in [2.24, 2.45) is 11.3 Å². The van der Waals surface area contributed by atoms with Crippen LogP contribution in [0.15, 0.2) is 0 Å². The zero-order chi connectivity index (χ0) is 21.1. The second kappa shape index (κ2) is 11.9. The van der Waals surface area contributed by atoms with Gasteiger partial charge in [0.2, 0.25) is 0 Å². The van der Waals surface area contributed by atoms with Crippen LogP contribution in [-0.2, 0) is 4.79 Å². The Morgan fingerprint density at radius 2 is 1.07 bits per heavy atom. The van der Waals surface area contributed by atoms with Gasteiger partial charge in [0.1, 0.15) is 21.6 Å². The Morgan fingerprint density at radius 3 is 1.30 bits per heavy atom. The van der Waals surface area contributed by atoms with E-state index in [1.54, 1.807) is 0 Å². The Balaban J connectivity index is 6.56. The summed E-state index contributed by atoms with van der Waals surface area (Å²) in [7, 11) is -3.21. The van der Waals surface area contributed by atoms with E-state index in [4.69, 9.17) is 0 Å². The van der Waals surface area contributed by atoms with Crippen molar-refractivity contribution >= 4 is 21.9 Å². The minimum atomic E-state index is -1.61. The number of rotatable bonds is 10. The molecule has 0 atom stereocenters. The van der Waals surface area contributed by atoms with Crippen LogP contribution in [0.2, 0.25) is 36.3 Å². The highest BCUT2D eigenvalue weighted by atomic mass is 28.3. The molecule has 0 fully saturated rings. The first-order chi connectivity index (χ1) is 12.7.